The van der Waals surface area contributed by atoms with E-state index in [9.17, 15) is 14.7 Å². The van der Waals surface area contributed by atoms with Crippen LogP contribution in [0.25, 0.3) is 6.08 Å². The van der Waals surface area contributed by atoms with Gasteiger partial charge in [-0.3, -0.25) is 9.59 Å². The number of nitrogens with one attached hydrogen (secondary N) is 1. The van der Waals surface area contributed by atoms with Gasteiger partial charge in [-0.2, -0.15) is 0 Å². The molecule has 0 radical (unpaired) electrons. The Morgan fingerprint density at radius 2 is 1.94 bits per heavy atom. The summed E-state index contributed by atoms with van der Waals surface area (Å²) in [5.41, 5.74) is 3.09. The number of aliphatic carboxylic acids is 1. The molecule has 0 aromatic heterocycles. The molecule has 0 aliphatic carbocycles. The van der Waals surface area contributed by atoms with E-state index in [1.165, 1.54) is 0 Å². The van der Waals surface area contributed by atoms with Gasteiger partial charge in [-0.05, 0) is 49.6 Å². The van der Waals surface area contributed by atoms with E-state index in [0.29, 0.717) is 41.5 Å². The van der Waals surface area contributed by atoms with Crippen LogP contribution < -0.4 is 10.1 Å². The molecule has 6 nitrogen and oxygen atoms in total. The molecule has 2 aromatic rings. The minimum absolute atomic E-state index is 0.225. The molecule has 0 bridgehead atoms. The highest BCUT2D eigenvalue weighted by Gasteiger charge is 2.38. The van der Waals surface area contributed by atoms with Crippen LogP contribution in [0.15, 0.2) is 42.0 Å². The van der Waals surface area contributed by atoms with Crippen molar-refractivity contribution in [2.75, 3.05) is 20.3 Å². The van der Waals surface area contributed by atoms with Crippen LogP contribution in [0.1, 0.15) is 48.4 Å². The molecule has 1 heterocycles. The Bertz CT molecular complexity index is 1040. The lowest BCUT2D eigenvalue weighted by atomic mass is 9.87. The molecule has 2 aromatic carbocycles. The van der Waals surface area contributed by atoms with Crippen LogP contribution in [0, 0.1) is 6.92 Å². The van der Waals surface area contributed by atoms with E-state index < -0.39 is 17.4 Å². The van der Waals surface area contributed by atoms with Crippen molar-refractivity contribution in [3.63, 3.8) is 0 Å². The Morgan fingerprint density at radius 3 is 2.50 bits per heavy atom. The molecule has 0 saturated carbocycles. The van der Waals surface area contributed by atoms with Crippen molar-refractivity contribution in [1.82, 2.24) is 5.32 Å². The first-order valence-corrected chi connectivity index (χ1v) is 10.8. The minimum Gasteiger partial charge on any atom is -0.495 e. The summed E-state index contributed by atoms with van der Waals surface area (Å²) in [6.07, 6.45) is 2.38. The Hall–Kier alpha value is -2.83. The maximum absolute atomic E-state index is 13.1. The number of methoxy groups -OCH3 is 1. The number of hydrogen-bond donors (Lipinski definition) is 2. The number of carboxylic acids is 1. The first-order chi connectivity index (χ1) is 15.2. The zero-order valence-electron chi connectivity index (χ0n) is 18.7. The van der Waals surface area contributed by atoms with Crippen LogP contribution in [0.2, 0.25) is 5.02 Å². The van der Waals surface area contributed by atoms with Crippen molar-refractivity contribution in [2.45, 2.75) is 38.6 Å². The van der Waals surface area contributed by atoms with E-state index >= 15 is 0 Å². The highest BCUT2D eigenvalue weighted by atomic mass is 35.5. The number of carboxylic acid groups (broad SMARTS) is 1. The van der Waals surface area contributed by atoms with Gasteiger partial charge in [0, 0.05) is 24.2 Å². The largest absolute Gasteiger partial charge is 0.495 e. The lowest BCUT2D eigenvalue weighted by Crippen LogP contribution is -2.46. The summed E-state index contributed by atoms with van der Waals surface area (Å²) in [6, 6.07) is 11.0. The standard InChI is InChI=1S/C25H28ClNO5/c1-15-5-10-21(31-4)22(26)20(15)13-16(2)23(28)27-25(11-12-32-14-25)19-8-6-18(7-9-19)17(3)24(29)30/h5-10,13,17H,11-12,14H2,1-4H3,(H,27,28)(H,29,30)/b16-13+. The van der Waals surface area contributed by atoms with E-state index in [-0.39, 0.29) is 5.91 Å². The summed E-state index contributed by atoms with van der Waals surface area (Å²) >= 11 is 6.46. The summed E-state index contributed by atoms with van der Waals surface area (Å²) in [6.45, 7) is 6.18. The molecule has 1 aliphatic heterocycles. The molecule has 1 aliphatic rings. The second kappa shape index (κ2) is 9.76. The summed E-state index contributed by atoms with van der Waals surface area (Å²) in [4.78, 5) is 24.4. The van der Waals surface area contributed by atoms with Gasteiger partial charge in [0.1, 0.15) is 5.75 Å². The normalized spacial score (nSPS) is 19.5. The molecule has 32 heavy (non-hydrogen) atoms. The fourth-order valence-electron chi connectivity index (χ4n) is 3.80. The summed E-state index contributed by atoms with van der Waals surface area (Å²) in [5, 5.41) is 12.8. The molecule has 1 amide bonds. The van der Waals surface area contributed by atoms with Crippen LogP contribution in [0.3, 0.4) is 0 Å². The lowest BCUT2D eigenvalue weighted by molar-refractivity contribution is -0.138. The number of carbonyl (C=O) groups excluding carboxylic acids is 1. The highest BCUT2D eigenvalue weighted by molar-refractivity contribution is 6.33. The fraction of sp³-hybridized carbons (Fsp3) is 0.360. The second-order valence-electron chi connectivity index (χ2n) is 8.16. The van der Waals surface area contributed by atoms with Crippen LogP contribution in [0.4, 0.5) is 0 Å². The van der Waals surface area contributed by atoms with Crippen molar-refractivity contribution in [2.24, 2.45) is 0 Å². The Morgan fingerprint density at radius 1 is 1.25 bits per heavy atom. The van der Waals surface area contributed by atoms with Gasteiger partial charge in [0.05, 0.1) is 30.2 Å². The van der Waals surface area contributed by atoms with Crippen molar-refractivity contribution in [3.05, 3.63) is 69.2 Å². The predicted octanol–water partition coefficient (Wildman–Crippen LogP) is 4.68. The number of carbonyl (C=O) groups is 2. The van der Waals surface area contributed by atoms with Crippen molar-refractivity contribution >= 4 is 29.6 Å². The Labute approximate surface area is 193 Å². The van der Waals surface area contributed by atoms with E-state index in [0.717, 1.165) is 16.7 Å². The number of halogens is 1. The Kier molecular flexibility index (Phi) is 7.26. The van der Waals surface area contributed by atoms with Gasteiger partial charge in [-0.1, -0.05) is 41.9 Å². The van der Waals surface area contributed by atoms with Gasteiger partial charge in [-0.25, -0.2) is 0 Å². The SMILES string of the molecule is COc1ccc(C)c(/C=C(\C)C(=O)NC2(c3ccc(C(C)C(=O)O)cc3)CCOC2)c1Cl. The third-order valence-corrected chi connectivity index (χ3v) is 6.40. The number of rotatable bonds is 7. The van der Waals surface area contributed by atoms with Crippen molar-refractivity contribution < 1.29 is 24.2 Å². The van der Waals surface area contributed by atoms with Crippen molar-refractivity contribution in [3.8, 4) is 5.75 Å². The van der Waals surface area contributed by atoms with Crippen LogP contribution >= 0.6 is 11.6 Å². The molecule has 7 heteroatoms. The molecule has 2 unspecified atom stereocenters. The van der Waals surface area contributed by atoms with Gasteiger partial charge in [0.25, 0.3) is 0 Å². The summed E-state index contributed by atoms with van der Waals surface area (Å²) in [5.74, 6) is -1.16. The van der Waals surface area contributed by atoms with Gasteiger partial charge >= 0.3 is 5.97 Å². The molecule has 170 valence electrons. The quantitative estimate of drug-likeness (QED) is 0.589. The molecule has 1 fully saturated rings. The summed E-state index contributed by atoms with van der Waals surface area (Å²) in [7, 11) is 1.55. The molecular formula is C25H28ClNO5. The first-order valence-electron chi connectivity index (χ1n) is 10.4. The van der Waals surface area contributed by atoms with Crippen molar-refractivity contribution in [1.29, 1.82) is 0 Å². The fourth-order valence-corrected chi connectivity index (χ4v) is 4.14. The van der Waals surface area contributed by atoms with Crippen LogP contribution in [-0.4, -0.2) is 37.3 Å². The minimum atomic E-state index is -0.878. The lowest BCUT2D eigenvalue weighted by Gasteiger charge is -2.30. The van der Waals surface area contributed by atoms with E-state index in [1.54, 1.807) is 45.2 Å². The summed E-state index contributed by atoms with van der Waals surface area (Å²) < 4.78 is 10.9. The molecule has 0 spiro atoms. The number of benzene rings is 2. The topological polar surface area (TPSA) is 84.9 Å². The van der Waals surface area contributed by atoms with Gasteiger partial charge in [0.2, 0.25) is 5.91 Å². The Balaban J connectivity index is 1.87. The van der Waals surface area contributed by atoms with Gasteiger partial charge in [-0.15, -0.1) is 0 Å². The third-order valence-electron chi connectivity index (χ3n) is 6.01. The van der Waals surface area contributed by atoms with E-state index in [4.69, 9.17) is 21.1 Å². The van der Waals surface area contributed by atoms with Gasteiger partial charge < -0.3 is 19.9 Å². The van der Waals surface area contributed by atoms with Crippen LogP contribution in [0.5, 0.6) is 5.75 Å². The zero-order valence-corrected chi connectivity index (χ0v) is 19.5. The molecular weight excluding hydrogens is 430 g/mol. The first kappa shape index (κ1) is 23.8. The molecule has 3 rings (SSSR count). The average Bonchev–Trinajstić information content (AvgIpc) is 3.25. The van der Waals surface area contributed by atoms with E-state index in [2.05, 4.69) is 5.32 Å². The molecule has 2 atom stereocenters. The third kappa shape index (κ3) is 4.81. The molecule has 2 N–H and O–H groups in total. The maximum Gasteiger partial charge on any atom is 0.310 e. The van der Waals surface area contributed by atoms with Gasteiger partial charge in [0.15, 0.2) is 0 Å². The maximum atomic E-state index is 13.1. The predicted molar refractivity (Wildman–Crippen MR) is 124 cm³/mol. The number of amides is 1. The smallest absolute Gasteiger partial charge is 0.310 e. The monoisotopic (exact) mass is 457 g/mol. The number of hydrogen-bond acceptors (Lipinski definition) is 4. The number of ether oxygens (including phenoxy) is 2. The average molecular weight is 458 g/mol. The second-order valence-corrected chi connectivity index (χ2v) is 8.54. The van der Waals surface area contributed by atoms with Crippen LogP contribution in [-0.2, 0) is 19.9 Å². The molecule has 1 saturated heterocycles. The van der Waals surface area contributed by atoms with E-state index in [1.807, 2.05) is 25.1 Å². The number of aryl methyl sites for hydroxylation is 1. The zero-order chi connectivity index (χ0) is 23.5. The highest BCUT2D eigenvalue weighted by Crippen LogP contribution is 2.34.